The molecule has 0 N–H and O–H groups in total. The van der Waals surface area contributed by atoms with Crippen LogP contribution < -0.4 is 4.74 Å². The summed E-state index contributed by atoms with van der Waals surface area (Å²) in [4.78, 5) is 14.2. The van der Waals surface area contributed by atoms with E-state index in [1.54, 1.807) is 23.9 Å². The zero-order valence-electron chi connectivity index (χ0n) is 15.2. The Morgan fingerprint density at radius 3 is 2.22 bits per heavy atom. The molecule has 5 heteroatoms. The molecule has 134 valence electrons. The van der Waals surface area contributed by atoms with Crippen LogP contribution in [0, 0.1) is 6.92 Å². The van der Waals surface area contributed by atoms with Crippen LogP contribution in [-0.2, 0) is 0 Å². The second-order valence-corrected chi connectivity index (χ2v) is 6.44. The molecule has 0 radical (unpaired) electrons. The van der Waals surface area contributed by atoms with Gasteiger partial charge in [-0.25, -0.2) is 0 Å². The fourth-order valence-corrected chi connectivity index (χ4v) is 2.93. The summed E-state index contributed by atoms with van der Waals surface area (Å²) < 4.78 is 6.02. The van der Waals surface area contributed by atoms with Crippen LogP contribution in [0.3, 0.4) is 0 Å². The normalized spacial score (nSPS) is 12.1. The van der Waals surface area contributed by atoms with Crippen molar-refractivity contribution in [2.24, 2.45) is 0 Å². The fourth-order valence-electron chi connectivity index (χ4n) is 2.93. The topological polar surface area (TPSA) is 57.0 Å². The van der Waals surface area contributed by atoms with Crippen LogP contribution in [-0.4, -0.2) is 26.9 Å². The lowest BCUT2D eigenvalue weighted by Gasteiger charge is -2.16. The van der Waals surface area contributed by atoms with Gasteiger partial charge >= 0.3 is 0 Å². The van der Waals surface area contributed by atoms with E-state index in [-0.39, 0.29) is 5.78 Å². The number of aromatic nitrogens is 3. The molecule has 0 aliphatic rings. The predicted octanol–water partition coefficient (Wildman–Crippen LogP) is 4.38. The molecule has 0 saturated carbocycles. The molecule has 0 unspecified atom stereocenters. The Hall–Kier alpha value is -3.47. The number of fused-ring (bicyclic) bond motifs is 1. The van der Waals surface area contributed by atoms with Crippen molar-refractivity contribution in [2.45, 2.75) is 20.0 Å². The molecule has 3 aromatic carbocycles. The number of carbonyl (C=O) groups is 1. The molecule has 27 heavy (non-hydrogen) atoms. The van der Waals surface area contributed by atoms with Crippen LogP contribution in [0.15, 0.2) is 72.8 Å². The molecule has 0 aliphatic carbocycles. The number of rotatable bonds is 5. The zero-order valence-corrected chi connectivity index (χ0v) is 15.2. The Bertz CT molecular complexity index is 1070. The Morgan fingerprint density at radius 2 is 1.56 bits per heavy atom. The van der Waals surface area contributed by atoms with E-state index in [1.807, 2.05) is 67.6 Å². The first kappa shape index (κ1) is 17.0. The monoisotopic (exact) mass is 357 g/mol. The van der Waals surface area contributed by atoms with Gasteiger partial charge in [-0.15, -0.1) is 15.0 Å². The predicted molar refractivity (Wildman–Crippen MR) is 104 cm³/mol. The number of ether oxygens (including phenoxy) is 1. The number of aryl methyl sites for hydroxylation is 1. The Morgan fingerprint density at radius 1 is 0.926 bits per heavy atom. The third-order valence-corrected chi connectivity index (χ3v) is 4.35. The van der Waals surface area contributed by atoms with Crippen molar-refractivity contribution in [3.8, 4) is 11.4 Å². The summed E-state index contributed by atoms with van der Waals surface area (Å²) in [7, 11) is 0. The number of benzene rings is 3. The van der Waals surface area contributed by atoms with Crippen molar-refractivity contribution in [1.29, 1.82) is 0 Å². The largest absolute Gasteiger partial charge is 0.480 e. The average molecular weight is 357 g/mol. The van der Waals surface area contributed by atoms with E-state index in [0.29, 0.717) is 17.0 Å². The summed E-state index contributed by atoms with van der Waals surface area (Å²) in [5, 5.41) is 9.07. The Kier molecular flexibility index (Phi) is 4.42. The van der Waals surface area contributed by atoms with Crippen LogP contribution in [0.4, 0.5) is 0 Å². The van der Waals surface area contributed by atoms with Gasteiger partial charge in [-0.1, -0.05) is 48.5 Å². The van der Waals surface area contributed by atoms with Crippen molar-refractivity contribution in [3.05, 3.63) is 83.9 Å². The van der Waals surface area contributed by atoms with Gasteiger partial charge in [0.25, 0.3) is 0 Å². The van der Waals surface area contributed by atoms with Gasteiger partial charge in [-0.05, 0) is 43.7 Å². The van der Waals surface area contributed by atoms with Crippen molar-refractivity contribution >= 4 is 16.8 Å². The summed E-state index contributed by atoms with van der Waals surface area (Å²) in [6, 6.07) is 22.6. The van der Waals surface area contributed by atoms with Gasteiger partial charge in [0.05, 0.1) is 0 Å². The highest BCUT2D eigenvalue weighted by atomic mass is 16.5. The van der Waals surface area contributed by atoms with Crippen LogP contribution in [0.5, 0.6) is 5.75 Å². The molecule has 4 aromatic rings. The third-order valence-electron chi connectivity index (χ3n) is 4.35. The summed E-state index contributed by atoms with van der Waals surface area (Å²) >= 11 is 0. The van der Waals surface area contributed by atoms with E-state index >= 15 is 0 Å². The molecule has 4 rings (SSSR count). The number of hydrogen-bond donors (Lipinski definition) is 0. The van der Waals surface area contributed by atoms with Crippen LogP contribution in [0.1, 0.15) is 22.8 Å². The zero-order chi connectivity index (χ0) is 18.8. The first-order valence-corrected chi connectivity index (χ1v) is 8.81. The van der Waals surface area contributed by atoms with E-state index in [4.69, 9.17) is 4.74 Å². The van der Waals surface area contributed by atoms with Gasteiger partial charge in [-0.2, -0.15) is 0 Å². The minimum absolute atomic E-state index is 0.0688. The molecule has 1 aromatic heterocycles. The molecule has 1 atom stereocenters. The summed E-state index contributed by atoms with van der Waals surface area (Å²) in [5.74, 6) is 0.499. The van der Waals surface area contributed by atoms with Crippen molar-refractivity contribution in [2.75, 3.05) is 0 Å². The van der Waals surface area contributed by atoms with E-state index in [1.165, 1.54) is 0 Å². The second-order valence-electron chi connectivity index (χ2n) is 6.44. The summed E-state index contributed by atoms with van der Waals surface area (Å²) in [6.45, 7) is 3.75. The van der Waals surface area contributed by atoms with Gasteiger partial charge < -0.3 is 4.74 Å². The van der Waals surface area contributed by atoms with Crippen molar-refractivity contribution < 1.29 is 9.53 Å². The third kappa shape index (κ3) is 3.44. The first-order chi connectivity index (χ1) is 13.1. The lowest BCUT2D eigenvalue weighted by Crippen LogP contribution is -2.24. The van der Waals surface area contributed by atoms with E-state index in [2.05, 4.69) is 10.2 Å². The highest BCUT2D eigenvalue weighted by Gasteiger charge is 2.19. The van der Waals surface area contributed by atoms with Gasteiger partial charge in [0.2, 0.25) is 5.78 Å². The molecule has 0 aliphatic heterocycles. The Labute approximate surface area is 157 Å². The first-order valence-electron chi connectivity index (χ1n) is 8.81. The van der Waals surface area contributed by atoms with E-state index in [9.17, 15) is 4.79 Å². The minimum atomic E-state index is -0.626. The summed E-state index contributed by atoms with van der Waals surface area (Å²) in [6.07, 6.45) is -0.626. The van der Waals surface area contributed by atoms with Crippen LogP contribution in [0.25, 0.3) is 16.7 Å². The maximum Gasteiger partial charge on any atom is 0.202 e. The van der Waals surface area contributed by atoms with Gasteiger partial charge in [0.1, 0.15) is 22.5 Å². The molecular weight excluding hydrogens is 338 g/mol. The number of nitrogens with zero attached hydrogens (tertiary/aromatic N) is 3. The number of ketones is 1. The maximum atomic E-state index is 12.6. The SMILES string of the molecule is Cc1ccc(O[C@H](C)C(=O)c2ccccc2)c(-n2nc3ccccc3n2)c1. The standard InChI is InChI=1S/C22H19N3O2/c1-15-12-13-21(27-16(2)22(26)17-8-4-3-5-9-17)20(14-15)25-23-18-10-6-7-11-19(18)24-25/h3-14,16H,1-2H3/t16-/m1/s1. The van der Waals surface area contributed by atoms with Gasteiger partial charge in [-0.3, -0.25) is 4.79 Å². The quantitative estimate of drug-likeness (QED) is 0.497. The van der Waals surface area contributed by atoms with E-state index < -0.39 is 6.10 Å². The van der Waals surface area contributed by atoms with Crippen molar-refractivity contribution in [3.63, 3.8) is 0 Å². The highest BCUT2D eigenvalue weighted by molar-refractivity contribution is 5.99. The Balaban J connectivity index is 1.68. The fraction of sp³-hybridized carbons (Fsp3) is 0.136. The number of carbonyl (C=O) groups excluding carboxylic acids is 1. The number of hydrogen-bond acceptors (Lipinski definition) is 4. The second kappa shape index (κ2) is 7.03. The molecular formula is C22H19N3O2. The van der Waals surface area contributed by atoms with Crippen LogP contribution >= 0.6 is 0 Å². The van der Waals surface area contributed by atoms with E-state index in [0.717, 1.165) is 16.6 Å². The van der Waals surface area contributed by atoms with Crippen LogP contribution in [0.2, 0.25) is 0 Å². The molecule has 0 fully saturated rings. The smallest absolute Gasteiger partial charge is 0.202 e. The maximum absolute atomic E-state index is 12.6. The lowest BCUT2D eigenvalue weighted by atomic mass is 10.1. The molecule has 0 spiro atoms. The number of Topliss-reactive ketones (excluding diaryl/α,β-unsaturated/α-hetero) is 1. The lowest BCUT2D eigenvalue weighted by molar-refractivity contribution is 0.0817. The van der Waals surface area contributed by atoms with Gasteiger partial charge in [0.15, 0.2) is 6.10 Å². The summed E-state index contributed by atoms with van der Waals surface area (Å²) in [5.41, 5.74) is 4.00. The highest BCUT2D eigenvalue weighted by Crippen LogP contribution is 2.26. The molecule has 1 heterocycles. The van der Waals surface area contributed by atoms with Gasteiger partial charge in [0, 0.05) is 5.56 Å². The minimum Gasteiger partial charge on any atom is -0.480 e. The molecule has 0 bridgehead atoms. The average Bonchev–Trinajstić information content (AvgIpc) is 3.13. The van der Waals surface area contributed by atoms with Crippen molar-refractivity contribution in [1.82, 2.24) is 15.0 Å². The molecule has 0 saturated heterocycles. The molecule has 5 nitrogen and oxygen atoms in total. The molecule has 0 amide bonds.